The third-order valence-electron chi connectivity index (χ3n) is 5.27. The van der Waals surface area contributed by atoms with Crippen molar-refractivity contribution in [3.05, 3.63) is 54.2 Å². The third-order valence-corrected chi connectivity index (χ3v) is 7.89. The Kier molecular flexibility index (Phi) is 9.82. The first-order valence-corrected chi connectivity index (χ1v) is 14.7. The minimum atomic E-state index is -1.49. The summed E-state index contributed by atoms with van der Waals surface area (Å²) in [5, 5.41) is 6.46. The smallest absolute Gasteiger partial charge is 0.411 e. The van der Waals surface area contributed by atoms with Gasteiger partial charge in [-0.1, -0.05) is 26.8 Å². The molecule has 0 saturated carbocycles. The summed E-state index contributed by atoms with van der Waals surface area (Å²) in [6, 6.07) is 13.1. The van der Waals surface area contributed by atoms with Gasteiger partial charge in [-0.05, 0) is 70.5 Å². The molecule has 3 rings (SSSR count). The Balaban J connectivity index is 1.86. The van der Waals surface area contributed by atoms with Crippen LogP contribution in [0.15, 0.2) is 53.6 Å². The lowest BCUT2D eigenvalue weighted by Gasteiger charge is -2.23. The van der Waals surface area contributed by atoms with Gasteiger partial charge in [0.1, 0.15) is 5.01 Å². The van der Waals surface area contributed by atoms with Gasteiger partial charge in [-0.25, -0.2) is 9.78 Å². The van der Waals surface area contributed by atoms with Crippen LogP contribution >= 0.6 is 11.3 Å². The average Bonchev–Trinajstić information content (AvgIpc) is 3.30. The maximum Gasteiger partial charge on any atom is 0.411 e. The highest BCUT2D eigenvalue weighted by Crippen LogP contribution is 2.36. The van der Waals surface area contributed by atoms with Crippen LogP contribution < -0.4 is 15.4 Å². The van der Waals surface area contributed by atoms with Crippen LogP contribution in [0.5, 0.6) is 0 Å². The number of anilines is 1. The van der Waals surface area contributed by atoms with E-state index in [1.807, 2.05) is 71.9 Å². The van der Waals surface area contributed by atoms with Gasteiger partial charge in [0.2, 0.25) is 5.91 Å². The molecule has 3 aromatic rings. The monoisotopic (exact) mass is 570 g/mol. The molecule has 210 valence electrons. The molecular weight excluding hydrogens is 532 g/mol. The van der Waals surface area contributed by atoms with E-state index in [0.717, 1.165) is 26.6 Å². The average molecular weight is 571 g/mol. The molecule has 0 aliphatic rings. The molecule has 10 heteroatoms. The van der Waals surface area contributed by atoms with Gasteiger partial charge in [-0.3, -0.25) is 10.1 Å². The van der Waals surface area contributed by atoms with Crippen LogP contribution in [0.1, 0.15) is 61.0 Å². The second kappa shape index (κ2) is 12.5. The number of rotatable bonds is 8. The lowest BCUT2D eigenvalue weighted by Crippen LogP contribution is -2.40. The number of nitrogens with one attached hydrogen (secondary N) is 3. The minimum Gasteiger partial charge on any atom is -0.593 e. The van der Waals surface area contributed by atoms with Gasteiger partial charge < -0.3 is 14.6 Å². The van der Waals surface area contributed by atoms with Crippen molar-refractivity contribution in [3.63, 3.8) is 0 Å². The molecule has 0 saturated heterocycles. The zero-order valence-electron chi connectivity index (χ0n) is 23.8. The van der Waals surface area contributed by atoms with Gasteiger partial charge in [-0.15, -0.1) is 16.1 Å². The topological polar surface area (TPSA) is 115 Å². The molecule has 2 aromatic carbocycles. The third kappa shape index (κ3) is 9.06. The second-order valence-corrected chi connectivity index (χ2v) is 13.8. The van der Waals surface area contributed by atoms with Crippen molar-refractivity contribution in [2.24, 2.45) is 5.41 Å². The van der Waals surface area contributed by atoms with Crippen molar-refractivity contribution >= 4 is 40.4 Å². The molecule has 3 N–H and O–H groups in total. The molecule has 8 nitrogen and oxygen atoms in total. The van der Waals surface area contributed by atoms with Crippen molar-refractivity contribution in [2.75, 3.05) is 5.32 Å². The summed E-state index contributed by atoms with van der Waals surface area (Å²) >= 11 is -0.00190. The fourth-order valence-electron chi connectivity index (χ4n) is 3.40. The summed E-state index contributed by atoms with van der Waals surface area (Å²) in [5.41, 5.74) is 2.33. The molecular formula is C29H38N4O4S2. The van der Waals surface area contributed by atoms with E-state index in [4.69, 9.17) is 4.74 Å². The van der Waals surface area contributed by atoms with E-state index in [1.165, 1.54) is 11.3 Å². The van der Waals surface area contributed by atoms with E-state index >= 15 is 0 Å². The molecule has 39 heavy (non-hydrogen) atoms. The Hall–Kier alpha value is -2.92. The van der Waals surface area contributed by atoms with Crippen LogP contribution in [0.2, 0.25) is 0 Å². The number of thiazole rings is 1. The number of hydrogen-bond donors (Lipinski definition) is 3. The van der Waals surface area contributed by atoms with Crippen molar-refractivity contribution in [1.82, 2.24) is 15.0 Å². The predicted molar refractivity (Wildman–Crippen MR) is 159 cm³/mol. The summed E-state index contributed by atoms with van der Waals surface area (Å²) in [5.74, 6) is -0.0489. The van der Waals surface area contributed by atoms with E-state index in [-0.39, 0.29) is 17.6 Å². The lowest BCUT2D eigenvalue weighted by atomic mass is 9.95. The Bertz CT molecular complexity index is 1290. The number of carbonyl (C=O) groups is 2. The molecule has 1 atom stereocenters. The van der Waals surface area contributed by atoms with Crippen LogP contribution in [-0.4, -0.2) is 33.2 Å². The summed E-state index contributed by atoms with van der Waals surface area (Å²) in [6.07, 6.45) is 1.08. The Morgan fingerprint density at radius 3 is 2.31 bits per heavy atom. The highest BCUT2D eigenvalue weighted by atomic mass is 32.2. The van der Waals surface area contributed by atoms with Crippen LogP contribution in [0.3, 0.4) is 0 Å². The quantitative estimate of drug-likeness (QED) is 0.266. The van der Waals surface area contributed by atoms with Gasteiger partial charge in [0.25, 0.3) is 0 Å². The van der Waals surface area contributed by atoms with Crippen LogP contribution in [0.25, 0.3) is 21.0 Å². The normalized spacial score (nSPS) is 12.8. The number of aromatic nitrogens is 1. The van der Waals surface area contributed by atoms with Crippen molar-refractivity contribution in [2.45, 2.75) is 78.5 Å². The number of amides is 2. The Morgan fingerprint density at radius 1 is 1.05 bits per heavy atom. The number of ether oxygens (including phenoxy) is 1. The van der Waals surface area contributed by atoms with E-state index in [2.05, 4.69) is 20.3 Å². The Labute approximate surface area is 238 Å². The summed E-state index contributed by atoms with van der Waals surface area (Å²) in [7, 11) is 0. The highest BCUT2D eigenvalue weighted by molar-refractivity contribution is 7.89. The fraction of sp³-hybridized carbons (Fsp3) is 0.414. The molecule has 1 heterocycles. The highest BCUT2D eigenvalue weighted by Gasteiger charge is 2.26. The maximum atomic E-state index is 13.4. The minimum absolute atomic E-state index is 0.0489. The number of benzene rings is 2. The summed E-state index contributed by atoms with van der Waals surface area (Å²) in [6.45, 7) is 15.4. The van der Waals surface area contributed by atoms with Crippen LogP contribution in [0, 0.1) is 5.41 Å². The number of nitrogens with zero attached hydrogens (tertiary/aromatic N) is 1. The summed E-state index contributed by atoms with van der Waals surface area (Å²) in [4.78, 5) is 30.3. The molecule has 0 spiro atoms. The molecule has 1 aromatic heterocycles. The molecule has 2 amide bonds. The van der Waals surface area contributed by atoms with Crippen molar-refractivity contribution in [1.29, 1.82) is 0 Å². The van der Waals surface area contributed by atoms with E-state index in [0.29, 0.717) is 17.1 Å². The first-order valence-electron chi connectivity index (χ1n) is 12.8. The molecule has 0 aliphatic carbocycles. The molecule has 1 unspecified atom stereocenters. The van der Waals surface area contributed by atoms with E-state index in [1.54, 1.807) is 32.2 Å². The van der Waals surface area contributed by atoms with Gasteiger partial charge in [-0.2, -0.15) is 0 Å². The van der Waals surface area contributed by atoms with Gasteiger partial charge in [0.05, 0.1) is 33.4 Å². The fourth-order valence-corrected chi connectivity index (χ4v) is 5.73. The maximum absolute atomic E-state index is 13.4. The SMILES string of the molecule is CC(C)OC(=O)Nc1ccc(-c2ncc(-c3ccc(CNC(=O)C(C)(C)C)cc3[S+]([O-])NC(C)(C)C)s2)cc1. The molecule has 0 bridgehead atoms. The summed E-state index contributed by atoms with van der Waals surface area (Å²) < 4.78 is 21.7. The van der Waals surface area contributed by atoms with Gasteiger partial charge in [0.15, 0.2) is 4.90 Å². The lowest BCUT2D eigenvalue weighted by molar-refractivity contribution is -0.128. The van der Waals surface area contributed by atoms with Gasteiger partial charge >= 0.3 is 6.09 Å². The standard InChI is InChI=1S/C29H38N4O4S2/c1-18(2)37-27(35)32-21-12-10-20(11-13-21)25-30-17-23(38-25)22-14-9-19(16-31-26(34)28(3,4)5)15-24(22)39(36)33-29(6,7)8/h9-15,17-18,33H,16H2,1-8H3,(H,31,34)(H,32,35). The van der Waals surface area contributed by atoms with Crippen LogP contribution in [0.4, 0.5) is 10.5 Å². The molecule has 0 aliphatic heterocycles. The molecule has 0 radical (unpaired) electrons. The molecule has 0 fully saturated rings. The largest absolute Gasteiger partial charge is 0.593 e. The van der Waals surface area contributed by atoms with Gasteiger partial charge in [0, 0.05) is 35.5 Å². The van der Waals surface area contributed by atoms with E-state index in [9.17, 15) is 14.1 Å². The zero-order chi connectivity index (χ0) is 29.0. The first kappa shape index (κ1) is 30.6. The van der Waals surface area contributed by atoms with Crippen molar-refractivity contribution < 1.29 is 18.9 Å². The second-order valence-electron chi connectivity index (χ2n) is 11.6. The number of carbonyl (C=O) groups excluding carboxylic acids is 2. The van der Waals surface area contributed by atoms with Crippen molar-refractivity contribution in [3.8, 4) is 21.0 Å². The first-order chi connectivity index (χ1) is 18.1. The Morgan fingerprint density at radius 2 is 1.72 bits per heavy atom. The zero-order valence-corrected chi connectivity index (χ0v) is 25.4. The van der Waals surface area contributed by atoms with Crippen LogP contribution in [-0.2, 0) is 27.4 Å². The van der Waals surface area contributed by atoms with E-state index < -0.39 is 22.9 Å². The predicted octanol–water partition coefficient (Wildman–Crippen LogP) is 6.51. The number of hydrogen-bond acceptors (Lipinski definition) is 7.